The molecule has 0 bridgehead atoms. The van der Waals surface area contributed by atoms with Crippen LogP contribution in [-0.4, -0.2) is 73.3 Å². The van der Waals surface area contributed by atoms with E-state index in [2.05, 4.69) is 9.88 Å². The highest BCUT2D eigenvalue weighted by Crippen LogP contribution is 2.13. The van der Waals surface area contributed by atoms with Gasteiger partial charge in [0, 0.05) is 57.8 Å². The number of nitrogens with zero attached hydrogens (tertiary/aromatic N) is 3. The number of methoxy groups -OCH3 is 1. The zero-order valence-corrected chi connectivity index (χ0v) is 16.7. The molecule has 150 valence electrons. The topological polar surface area (TPSA) is 54.9 Å². The number of aromatic nitrogens is 1. The Balaban J connectivity index is 1.62. The highest BCUT2D eigenvalue weighted by molar-refractivity contribution is 5.94. The summed E-state index contributed by atoms with van der Waals surface area (Å²) in [5.74, 6) is 0.0203. The van der Waals surface area contributed by atoms with Gasteiger partial charge in [0.25, 0.3) is 5.91 Å². The lowest BCUT2D eigenvalue weighted by molar-refractivity contribution is -0.0444. The third-order valence-electron chi connectivity index (χ3n) is 4.95. The van der Waals surface area contributed by atoms with E-state index in [1.165, 1.54) is 5.56 Å². The minimum Gasteiger partial charge on any atom is -0.383 e. The van der Waals surface area contributed by atoms with Gasteiger partial charge in [-0.15, -0.1) is 0 Å². The fraction of sp³-hybridized carbons (Fsp3) is 0.455. The highest BCUT2D eigenvalue weighted by Gasteiger charge is 2.25. The molecule has 0 N–H and O–H groups in total. The van der Waals surface area contributed by atoms with Gasteiger partial charge in [0.2, 0.25) is 0 Å². The van der Waals surface area contributed by atoms with Gasteiger partial charge in [0.15, 0.2) is 0 Å². The molecule has 2 aromatic rings. The van der Waals surface area contributed by atoms with Crippen LogP contribution in [0, 0.1) is 6.92 Å². The summed E-state index contributed by atoms with van der Waals surface area (Å²) in [6.45, 7) is 6.86. The molecule has 1 fully saturated rings. The predicted octanol–water partition coefficient (Wildman–Crippen LogP) is 2.38. The average molecular weight is 383 g/mol. The first-order valence-corrected chi connectivity index (χ1v) is 9.73. The summed E-state index contributed by atoms with van der Waals surface area (Å²) < 4.78 is 11.2. The number of rotatable bonds is 8. The highest BCUT2D eigenvalue weighted by atomic mass is 16.5. The van der Waals surface area contributed by atoms with Crippen molar-refractivity contribution in [2.75, 3.05) is 46.5 Å². The van der Waals surface area contributed by atoms with Crippen LogP contribution in [0.1, 0.15) is 21.5 Å². The number of hydrogen-bond donors (Lipinski definition) is 0. The van der Waals surface area contributed by atoms with Crippen LogP contribution < -0.4 is 0 Å². The lowest BCUT2D eigenvalue weighted by Gasteiger charge is -2.35. The van der Waals surface area contributed by atoms with Crippen molar-refractivity contribution in [1.82, 2.24) is 14.8 Å². The normalized spacial score (nSPS) is 17.4. The number of pyridine rings is 1. The summed E-state index contributed by atoms with van der Waals surface area (Å²) in [7, 11) is 1.65. The first-order chi connectivity index (χ1) is 13.7. The molecule has 1 saturated heterocycles. The Morgan fingerprint density at radius 1 is 1.25 bits per heavy atom. The fourth-order valence-corrected chi connectivity index (χ4v) is 3.38. The second-order valence-corrected chi connectivity index (χ2v) is 7.19. The molecule has 0 aliphatic carbocycles. The molecule has 3 rings (SSSR count). The maximum absolute atomic E-state index is 13.0. The van der Waals surface area contributed by atoms with Gasteiger partial charge in [-0.25, -0.2) is 0 Å². The van der Waals surface area contributed by atoms with Crippen LogP contribution in [0.25, 0.3) is 0 Å². The van der Waals surface area contributed by atoms with Crippen molar-refractivity contribution in [3.05, 3.63) is 65.5 Å². The lowest BCUT2D eigenvalue weighted by Crippen LogP contribution is -2.49. The number of hydrogen-bond acceptors (Lipinski definition) is 5. The quantitative estimate of drug-likeness (QED) is 0.701. The summed E-state index contributed by atoms with van der Waals surface area (Å²) in [5, 5.41) is 0. The van der Waals surface area contributed by atoms with E-state index in [9.17, 15) is 4.79 Å². The maximum Gasteiger partial charge on any atom is 0.254 e. The molecule has 6 heteroatoms. The molecule has 28 heavy (non-hydrogen) atoms. The molecule has 1 unspecified atom stereocenters. The Bertz CT molecular complexity index is 736. The number of carbonyl (C=O) groups is 1. The predicted molar refractivity (Wildman–Crippen MR) is 108 cm³/mol. The van der Waals surface area contributed by atoms with E-state index in [4.69, 9.17) is 9.47 Å². The van der Waals surface area contributed by atoms with Crippen LogP contribution in [0.2, 0.25) is 0 Å². The summed E-state index contributed by atoms with van der Waals surface area (Å²) in [6, 6.07) is 11.8. The summed E-state index contributed by atoms with van der Waals surface area (Å²) >= 11 is 0. The van der Waals surface area contributed by atoms with E-state index < -0.39 is 0 Å². The summed E-state index contributed by atoms with van der Waals surface area (Å²) in [6.07, 6.45) is 3.63. The number of carbonyl (C=O) groups excluding carboxylic acids is 1. The molecule has 0 spiro atoms. The Hall–Kier alpha value is -2.28. The van der Waals surface area contributed by atoms with Gasteiger partial charge in [-0.2, -0.15) is 0 Å². The van der Waals surface area contributed by atoms with Crippen molar-refractivity contribution in [3.8, 4) is 0 Å². The molecular formula is C22H29N3O3. The fourth-order valence-electron chi connectivity index (χ4n) is 3.38. The molecule has 2 heterocycles. The van der Waals surface area contributed by atoms with Crippen LogP contribution in [0.3, 0.4) is 0 Å². The molecule has 1 aromatic heterocycles. The summed E-state index contributed by atoms with van der Waals surface area (Å²) in [4.78, 5) is 21.3. The monoisotopic (exact) mass is 383 g/mol. The molecule has 0 radical (unpaired) electrons. The first kappa shape index (κ1) is 20.5. The largest absolute Gasteiger partial charge is 0.383 e. The second kappa shape index (κ2) is 10.3. The van der Waals surface area contributed by atoms with E-state index in [0.29, 0.717) is 31.9 Å². The number of amides is 1. The van der Waals surface area contributed by atoms with Crippen LogP contribution in [-0.2, 0) is 16.0 Å². The van der Waals surface area contributed by atoms with Crippen molar-refractivity contribution in [1.29, 1.82) is 0 Å². The van der Waals surface area contributed by atoms with E-state index >= 15 is 0 Å². The third kappa shape index (κ3) is 5.86. The van der Waals surface area contributed by atoms with Gasteiger partial charge in [0.05, 0.1) is 19.3 Å². The van der Waals surface area contributed by atoms with E-state index in [1.807, 2.05) is 60.6 Å². The van der Waals surface area contributed by atoms with E-state index in [-0.39, 0.29) is 12.0 Å². The molecule has 1 aliphatic heterocycles. The first-order valence-electron chi connectivity index (χ1n) is 9.73. The van der Waals surface area contributed by atoms with Crippen molar-refractivity contribution in [3.63, 3.8) is 0 Å². The number of aryl methyl sites for hydroxylation is 1. The Morgan fingerprint density at radius 2 is 2.00 bits per heavy atom. The van der Waals surface area contributed by atoms with Gasteiger partial charge >= 0.3 is 0 Å². The number of benzene rings is 1. The maximum atomic E-state index is 13.0. The lowest BCUT2D eigenvalue weighted by atomic mass is 10.1. The molecule has 6 nitrogen and oxygen atoms in total. The molecular weight excluding hydrogens is 354 g/mol. The van der Waals surface area contributed by atoms with Crippen molar-refractivity contribution >= 4 is 5.91 Å². The van der Waals surface area contributed by atoms with Crippen LogP contribution >= 0.6 is 0 Å². The van der Waals surface area contributed by atoms with Crippen LogP contribution in [0.15, 0.2) is 48.8 Å². The zero-order chi connectivity index (χ0) is 19.8. The third-order valence-corrected chi connectivity index (χ3v) is 4.95. The Kier molecular flexibility index (Phi) is 7.54. The summed E-state index contributed by atoms with van der Waals surface area (Å²) in [5.41, 5.74) is 3.08. The van der Waals surface area contributed by atoms with Crippen molar-refractivity contribution < 1.29 is 14.3 Å². The van der Waals surface area contributed by atoms with Crippen molar-refractivity contribution in [2.24, 2.45) is 0 Å². The van der Waals surface area contributed by atoms with Gasteiger partial charge < -0.3 is 14.4 Å². The molecule has 0 saturated carbocycles. The number of ether oxygens (including phenoxy) is 2. The van der Waals surface area contributed by atoms with E-state index in [1.54, 1.807) is 7.11 Å². The second-order valence-electron chi connectivity index (χ2n) is 7.19. The van der Waals surface area contributed by atoms with Gasteiger partial charge in [-0.3, -0.25) is 14.7 Å². The Labute approximate surface area is 167 Å². The smallest absolute Gasteiger partial charge is 0.254 e. The molecule has 1 aromatic carbocycles. The van der Waals surface area contributed by atoms with Gasteiger partial charge in [-0.05, 0) is 36.8 Å². The molecule has 1 amide bonds. The number of morpholine rings is 1. The van der Waals surface area contributed by atoms with Crippen LogP contribution in [0.5, 0.6) is 0 Å². The van der Waals surface area contributed by atoms with E-state index in [0.717, 1.165) is 25.2 Å². The minimum absolute atomic E-state index is 0.0122. The standard InChI is InChI=1S/C22H29N3O3/c1-18-3-5-20(6-4-18)22(26)25(12-13-27-2)17-21-16-24(11-14-28-21)15-19-7-9-23-10-8-19/h3-10,21H,11-17H2,1-2H3. The zero-order valence-electron chi connectivity index (χ0n) is 16.7. The van der Waals surface area contributed by atoms with Gasteiger partial charge in [-0.1, -0.05) is 17.7 Å². The van der Waals surface area contributed by atoms with Crippen molar-refractivity contribution in [2.45, 2.75) is 19.6 Å². The molecule has 1 atom stereocenters. The SMILES string of the molecule is COCCN(CC1CN(Cc2ccncc2)CCO1)C(=O)c1ccc(C)cc1. The average Bonchev–Trinajstić information content (AvgIpc) is 2.72. The van der Waals surface area contributed by atoms with Gasteiger partial charge in [0.1, 0.15) is 0 Å². The minimum atomic E-state index is -0.0122. The van der Waals surface area contributed by atoms with Crippen LogP contribution in [0.4, 0.5) is 0 Å². The Morgan fingerprint density at radius 3 is 2.71 bits per heavy atom. The molecule has 1 aliphatic rings.